The molecule has 2 aromatic carbocycles. The summed E-state index contributed by atoms with van der Waals surface area (Å²) in [6.07, 6.45) is -6.63. The molecule has 0 radical (unpaired) electrons. The van der Waals surface area contributed by atoms with E-state index < -0.39 is 39.9 Å². The largest absolute Gasteiger partial charge is 0.417 e. The highest BCUT2D eigenvalue weighted by Crippen LogP contribution is 2.39. The molecule has 1 aliphatic rings. The van der Waals surface area contributed by atoms with Gasteiger partial charge in [0.05, 0.1) is 28.4 Å². The maximum atomic E-state index is 13.1. The maximum Gasteiger partial charge on any atom is 0.417 e. The van der Waals surface area contributed by atoms with Crippen LogP contribution in [0, 0.1) is 5.41 Å². The molecule has 0 aromatic heterocycles. The first-order valence-corrected chi connectivity index (χ1v) is 11.7. The van der Waals surface area contributed by atoms with Crippen LogP contribution in [-0.4, -0.2) is 35.3 Å². The van der Waals surface area contributed by atoms with Gasteiger partial charge in [-0.1, -0.05) is 24.6 Å². The fourth-order valence-corrected chi connectivity index (χ4v) is 4.50. The molecule has 12 heteroatoms. The Kier molecular flexibility index (Phi) is 7.47. The second kappa shape index (κ2) is 9.69. The normalized spacial score (nSPS) is 18.7. The first-order chi connectivity index (χ1) is 15.7. The Bertz CT molecular complexity index is 1090. The molecule has 184 valence electrons. The first-order valence-electron chi connectivity index (χ1n) is 9.95. The standard InChI is InChI=1S/C22H20ClF6N3OS/c1-20(9-10-34-2)12-32(19(33)30-15-6-4-14(5-7-15)21(24,25)26)31-18(20)13-3-8-16(17(23)11-13)22(27,28)29/h3-8,11H,9-10,12H2,1-2H3,(H,30,33). The second-order valence-corrected chi connectivity index (χ2v) is 9.40. The molecule has 0 bridgehead atoms. The van der Waals surface area contributed by atoms with Crippen LogP contribution in [0.15, 0.2) is 47.6 Å². The third-order valence-electron chi connectivity index (χ3n) is 5.39. The maximum absolute atomic E-state index is 13.1. The van der Waals surface area contributed by atoms with Crippen LogP contribution in [0.2, 0.25) is 5.02 Å². The number of hydrogen-bond donors (Lipinski definition) is 1. The molecule has 4 nitrogen and oxygen atoms in total. The van der Waals surface area contributed by atoms with Crippen molar-refractivity contribution >= 4 is 40.8 Å². The first kappa shape index (κ1) is 26.2. The van der Waals surface area contributed by atoms with Gasteiger partial charge in [0.25, 0.3) is 0 Å². The summed E-state index contributed by atoms with van der Waals surface area (Å²) < 4.78 is 77.6. The monoisotopic (exact) mass is 523 g/mol. The highest BCUT2D eigenvalue weighted by molar-refractivity contribution is 7.98. The lowest BCUT2D eigenvalue weighted by atomic mass is 9.80. The van der Waals surface area contributed by atoms with E-state index in [2.05, 4.69) is 10.4 Å². The highest BCUT2D eigenvalue weighted by Gasteiger charge is 2.42. The van der Waals surface area contributed by atoms with Gasteiger partial charge in [-0.2, -0.15) is 43.2 Å². The van der Waals surface area contributed by atoms with E-state index in [1.807, 2.05) is 13.2 Å². The molecule has 0 saturated carbocycles. The Morgan fingerprint density at radius 1 is 1.12 bits per heavy atom. The van der Waals surface area contributed by atoms with E-state index in [9.17, 15) is 31.1 Å². The highest BCUT2D eigenvalue weighted by atomic mass is 35.5. The zero-order valence-corrected chi connectivity index (χ0v) is 19.6. The molecule has 34 heavy (non-hydrogen) atoms. The molecule has 0 aliphatic carbocycles. The molecule has 1 heterocycles. The summed E-state index contributed by atoms with van der Waals surface area (Å²) in [5.41, 5.74) is -1.60. The number of urea groups is 1. The van der Waals surface area contributed by atoms with Crippen molar-refractivity contribution in [2.24, 2.45) is 10.5 Å². The molecule has 2 aromatic rings. The molecule has 0 spiro atoms. The minimum absolute atomic E-state index is 0.133. The average molecular weight is 524 g/mol. The average Bonchev–Trinajstić information content (AvgIpc) is 3.09. The number of anilines is 1. The molecule has 1 atom stereocenters. The Labute approximate surface area is 201 Å². The SMILES string of the molecule is CSCCC1(C)CN(C(=O)Nc2ccc(C(F)(F)F)cc2)N=C1c1ccc(C(F)(F)F)c(Cl)c1. The van der Waals surface area contributed by atoms with Crippen LogP contribution in [0.5, 0.6) is 0 Å². The van der Waals surface area contributed by atoms with Crippen molar-refractivity contribution in [2.45, 2.75) is 25.7 Å². The van der Waals surface area contributed by atoms with E-state index in [1.165, 1.54) is 12.1 Å². The van der Waals surface area contributed by atoms with Crippen LogP contribution in [0.1, 0.15) is 30.0 Å². The summed E-state index contributed by atoms with van der Waals surface area (Å²) in [5.74, 6) is 0.707. The van der Waals surface area contributed by atoms with Crippen LogP contribution < -0.4 is 5.32 Å². The number of hydrogen-bond acceptors (Lipinski definition) is 3. The summed E-state index contributed by atoms with van der Waals surface area (Å²) in [6.45, 7) is 1.98. The van der Waals surface area contributed by atoms with Crippen molar-refractivity contribution < 1.29 is 31.1 Å². The summed E-state index contributed by atoms with van der Waals surface area (Å²) in [5, 5.41) is 7.51. The van der Waals surface area contributed by atoms with E-state index in [0.29, 0.717) is 23.4 Å². The number of carbonyl (C=O) groups excluding carboxylic acids is 1. The van der Waals surface area contributed by atoms with Crippen LogP contribution in [0.4, 0.5) is 36.8 Å². The topological polar surface area (TPSA) is 44.7 Å². The Morgan fingerprint density at radius 2 is 1.76 bits per heavy atom. The number of halogens is 7. The van der Waals surface area contributed by atoms with Crippen molar-refractivity contribution in [2.75, 3.05) is 23.9 Å². The summed E-state index contributed by atoms with van der Waals surface area (Å²) in [6, 6.07) is 6.60. The number of benzene rings is 2. The number of hydrazone groups is 1. The third kappa shape index (κ3) is 5.80. The number of nitrogens with one attached hydrogen (secondary N) is 1. The zero-order chi connectivity index (χ0) is 25.3. The lowest BCUT2D eigenvalue weighted by Gasteiger charge is -2.26. The second-order valence-electron chi connectivity index (χ2n) is 8.01. The van der Waals surface area contributed by atoms with Crippen molar-refractivity contribution in [3.8, 4) is 0 Å². The van der Waals surface area contributed by atoms with E-state index in [4.69, 9.17) is 11.6 Å². The van der Waals surface area contributed by atoms with Crippen LogP contribution in [-0.2, 0) is 12.4 Å². The lowest BCUT2D eigenvalue weighted by molar-refractivity contribution is -0.138. The molecular weight excluding hydrogens is 504 g/mol. The predicted octanol–water partition coefficient (Wildman–Crippen LogP) is 7.39. The van der Waals surface area contributed by atoms with Gasteiger partial charge in [0.15, 0.2) is 0 Å². The van der Waals surface area contributed by atoms with Gasteiger partial charge in [-0.25, -0.2) is 9.80 Å². The molecule has 1 unspecified atom stereocenters. The predicted molar refractivity (Wildman–Crippen MR) is 121 cm³/mol. The summed E-state index contributed by atoms with van der Waals surface area (Å²) in [4.78, 5) is 12.8. The minimum atomic E-state index is -4.61. The van der Waals surface area contributed by atoms with Gasteiger partial charge in [-0.3, -0.25) is 0 Å². The van der Waals surface area contributed by atoms with Crippen molar-refractivity contribution in [3.05, 3.63) is 64.2 Å². The number of alkyl halides is 6. The Balaban J connectivity index is 1.88. The van der Waals surface area contributed by atoms with Gasteiger partial charge in [-0.15, -0.1) is 0 Å². The van der Waals surface area contributed by atoms with Crippen molar-refractivity contribution in [1.29, 1.82) is 0 Å². The number of thioether (sulfide) groups is 1. The van der Waals surface area contributed by atoms with Crippen molar-refractivity contribution in [3.63, 3.8) is 0 Å². The van der Waals surface area contributed by atoms with Crippen LogP contribution >= 0.6 is 23.4 Å². The molecular formula is C22H20ClF6N3OS. The van der Waals surface area contributed by atoms with Crippen LogP contribution in [0.3, 0.4) is 0 Å². The zero-order valence-electron chi connectivity index (χ0n) is 18.0. The van der Waals surface area contributed by atoms with Crippen LogP contribution in [0.25, 0.3) is 0 Å². The Hall–Kier alpha value is -2.40. The minimum Gasteiger partial charge on any atom is -0.306 e. The molecule has 0 fully saturated rings. The van der Waals surface area contributed by atoms with E-state index in [-0.39, 0.29) is 12.2 Å². The number of amides is 2. The van der Waals surface area contributed by atoms with Gasteiger partial charge < -0.3 is 5.32 Å². The summed E-state index contributed by atoms with van der Waals surface area (Å²) >= 11 is 7.46. The van der Waals surface area contributed by atoms with E-state index in [1.54, 1.807) is 11.8 Å². The molecule has 1 aliphatic heterocycles. The molecule has 0 saturated heterocycles. The third-order valence-corrected chi connectivity index (χ3v) is 6.32. The van der Waals surface area contributed by atoms with Crippen molar-refractivity contribution in [1.82, 2.24) is 5.01 Å². The smallest absolute Gasteiger partial charge is 0.306 e. The fourth-order valence-electron chi connectivity index (χ4n) is 3.55. The quantitative estimate of drug-likeness (QED) is 0.415. The van der Waals surface area contributed by atoms with Gasteiger partial charge in [0, 0.05) is 11.1 Å². The van der Waals surface area contributed by atoms with Gasteiger partial charge >= 0.3 is 18.4 Å². The Morgan fingerprint density at radius 3 is 2.29 bits per heavy atom. The number of carbonyl (C=O) groups is 1. The van der Waals surface area contributed by atoms with E-state index >= 15 is 0 Å². The van der Waals surface area contributed by atoms with E-state index in [0.717, 1.165) is 35.3 Å². The molecule has 2 amide bonds. The van der Waals surface area contributed by atoms with Gasteiger partial charge in [0.2, 0.25) is 0 Å². The molecule has 3 rings (SSSR count). The number of nitrogens with zero attached hydrogens (tertiary/aromatic N) is 2. The lowest BCUT2D eigenvalue weighted by Crippen LogP contribution is -2.36. The van der Waals surface area contributed by atoms with Gasteiger partial charge in [-0.05, 0) is 60.4 Å². The van der Waals surface area contributed by atoms with Gasteiger partial charge in [0.1, 0.15) is 0 Å². The summed E-state index contributed by atoms with van der Waals surface area (Å²) in [7, 11) is 0. The number of rotatable bonds is 5. The molecule has 1 N–H and O–H groups in total. The fraction of sp³-hybridized carbons (Fsp3) is 0.364.